The predicted octanol–water partition coefficient (Wildman–Crippen LogP) is 10.4. The number of ether oxygens (including phenoxy) is 3. The molecule has 14 heteroatoms. The number of halogens is 2. The van der Waals surface area contributed by atoms with Crippen LogP contribution in [0.2, 0.25) is 10.0 Å². The van der Waals surface area contributed by atoms with Crippen LogP contribution in [0.4, 0.5) is 0 Å². The molecule has 5 aromatic carbocycles. The lowest BCUT2D eigenvalue weighted by Gasteiger charge is -2.24. The number of hydrogen-bond donors (Lipinski definition) is 4. The summed E-state index contributed by atoms with van der Waals surface area (Å²) >= 11 is 12.7. The summed E-state index contributed by atoms with van der Waals surface area (Å²) in [6, 6.07) is 28.0. The van der Waals surface area contributed by atoms with Gasteiger partial charge in [-0.15, -0.1) is 0 Å². The Morgan fingerprint density at radius 3 is 1.88 bits per heavy atom. The number of carbonyl (C=O) groups is 4. The van der Waals surface area contributed by atoms with Crippen LogP contribution < -0.4 is 32.0 Å². The Hall–Kier alpha value is -5.69. The van der Waals surface area contributed by atoms with Crippen molar-refractivity contribution in [1.82, 2.24) is 5.32 Å². The number of unbranched alkanes of at least 4 members (excludes halogenated alkanes) is 1. The van der Waals surface area contributed by atoms with E-state index in [1.54, 1.807) is 18.2 Å². The fourth-order valence-corrected chi connectivity index (χ4v) is 8.78. The average molecular weight is 969 g/mol. The molecular formula is C54H67Cl2N5O7. The molecule has 0 saturated heterocycles. The van der Waals surface area contributed by atoms with Crippen molar-refractivity contribution in [3.05, 3.63) is 107 Å². The van der Waals surface area contributed by atoms with Crippen molar-refractivity contribution in [3.8, 4) is 22.6 Å². The highest BCUT2D eigenvalue weighted by molar-refractivity contribution is 6.36. The van der Waals surface area contributed by atoms with E-state index >= 15 is 0 Å². The summed E-state index contributed by atoms with van der Waals surface area (Å²) in [5.74, 6) is -1.68. The van der Waals surface area contributed by atoms with E-state index in [-0.39, 0.29) is 62.5 Å². The Morgan fingerprint density at radius 2 is 1.29 bits per heavy atom. The van der Waals surface area contributed by atoms with Gasteiger partial charge in [0.2, 0.25) is 5.91 Å². The van der Waals surface area contributed by atoms with E-state index < -0.39 is 29.8 Å². The standard InChI is InChI=1S/C54H67Cl2N5O7/c1-34(2)25-28-66-48-23-21-36-13-5-7-16-41(36)50(48)51-42-17-8-6-14-37(42)22-24-49(51)67-32-40(62)30-38(15-9-10-26-57)52(64)61-46(20-12-27-60-54(58)59)47(63)31-39(29-35(3)4)53(65)68-33-43-44(55)18-11-19-45(43)56/h5-8,11,13-14,16-19,21-24,34-35,38-39,46H,9-10,12,15,20,25-33,57H2,1-4H3,(H,61,64)(H4,58,59,60)/t38-,39+,46+/m0/s1. The minimum Gasteiger partial charge on any atom is -0.493 e. The van der Waals surface area contributed by atoms with Gasteiger partial charge in [0.05, 0.1) is 18.6 Å². The van der Waals surface area contributed by atoms with Gasteiger partial charge < -0.3 is 36.7 Å². The number of esters is 1. The highest BCUT2D eigenvalue weighted by atomic mass is 35.5. The van der Waals surface area contributed by atoms with Crippen molar-refractivity contribution in [3.63, 3.8) is 0 Å². The van der Waals surface area contributed by atoms with E-state index in [0.29, 0.717) is 78.3 Å². The van der Waals surface area contributed by atoms with Crippen LogP contribution in [0.5, 0.6) is 11.5 Å². The number of nitrogens with two attached hydrogens (primary N) is 3. The van der Waals surface area contributed by atoms with E-state index in [2.05, 4.69) is 42.4 Å². The summed E-state index contributed by atoms with van der Waals surface area (Å²) < 4.78 is 18.6. The molecule has 0 heterocycles. The highest BCUT2D eigenvalue weighted by Gasteiger charge is 2.32. The van der Waals surface area contributed by atoms with Crippen LogP contribution in [-0.4, -0.2) is 61.7 Å². The third-order valence-electron chi connectivity index (χ3n) is 11.8. The zero-order chi connectivity index (χ0) is 49.2. The van der Waals surface area contributed by atoms with Gasteiger partial charge in [0.25, 0.3) is 0 Å². The Morgan fingerprint density at radius 1 is 0.676 bits per heavy atom. The maximum absolute atomic E-state index is 14.3. The zero-order valence-electron chi connectivity index (χ0n) is 39.7. The molecule has 0 bridgehead atoms. The molecule has 0 fully saturated rings. The first-order valence-corrected chi connectivity index (χ1v) is 24.4. The molecule has 5 aromatic rings. The fourth-order valence-electron chi connectivity index (χ4n) is 8.27. The zero-order valence-corrected chi connectivity index (χ0v) is 41.3. The predicted molar refractivity (Wildman–Crippen MR) is 274 cm³/mol. The molecule has 3 atom stereocenters. The summed E-state index contributed by atoms with van der Waals surface area (Å²) in [4.78, 5) is 60.2. The smallest absolute Gasteiger partial charge is 0.309 e. The van der Waals surface area contributed by atoms with Crippen LogP contribution in [-0.2, 0) is 30.5 Å². The van der Waals surface area contributed by atoms with Crippen LogP contribution in [0.3, 0.4) is 0 Å². The normalized spacial score (nSPS) is 12.7. The number of nitrogens with zero attached hydrogens (tertiary/aromatic N) is 1. The molecule has 0 aliphatic rings. The van der Waals surface area contributed by atoms with Gasteiger partial charge in [-0.2, -0.15) is 0 Å². The molecule has 364 valence electrons. The number of hydrogen-bond acceptors (Lipinski definition) is 9. The molecule has 0 radical (unpaired) electrons. The lowest BCUT2D eigenvalue weighted by molar-refractivity contribution is -0.152. The molecule has 0 aliphatic heterocycles. The second-order valence-corrected chi connectivity index (χ2v) is 19.0. The van der Waals surface area contributed by atoms with E-state index in [4.69, 9.17) is 54.6 Å². The molecule has 12 nitrogen and oxygen atoms in total. The van der Waals surface area contributed by atoms with Crippen LogP contribution in [0.15, 0.2) is 96.0 Å². The second kappa shape index (κ2) is 26.7. The average Bonchev–Trinajstić information content (AvgIpc) is 3.30. The second-order valence-electron chi connectivity index (χ2n) is 18.2. The van der Waals surface area contributed by atoms with Gasteiger partial charge in [0.1, 0.15) is 24.7 Å². The summed E-state index contributed by atoms with van der Waals surface area (Å²) in [6.07, 6.45) is 3.02. The van der Waals surface area contributed by atoms with Crippen molar-refractivity contribution >= 4 is 74.1 Å². The summed E-state index contributed by atoms with van der Waals surface area (Å²) in [7, 11) is 0. The van der Waals surface area contributed by atoms with Gasteiger partial charge in [-0.25, -0.2) is 0 Å². The number of ketones is 2. The molecule has 1 amide bonds. The largest absolute Gasteiger partial charge is 0.493 e. The maximum atomic E-state index is 14.3. The number of amides is 1. The van der Waals surface area contributed by atoms with E-state index in [1.165, 1.54) is 0 Å². The Balaban J connectivity index is 1.38. The first kappa shape index (κ1) is 53.3. The first-order valence-electron chi connectivity index (χ1n) is 23.7. The number of guanidine groups is 1. The molecule has 5 rings (SSSR count). The minimum absolute atomic E-state index is 0.0436. The summed E-state index contributed by atoms with van der Waals surface area (Å²) in [5, 5.41) is 7.61. The number of fused-ring (bicyclic) bond motifs is 2. The monoisotopic (exact) mass is 967 g/mol. The quantitative estimate of drug-likeness (QED) is 0.0162. The third-order valence-corrected chi connectivity index (χ3v) is 12.5. The van der Waals surface area contributed by atoms with Crippen LogP contribution >= 0.6 is 23.2 Å². The van der Waals surface area contributed by atoms with Crippen molar-refractivity contribution in [2.24, 2.45) is 45.9 Å². The topological polar surface area (TPSA) is 198 Å². The molecule has 0 unspecified atom stereocenters. The van der Waals surface area contributed by atoms with Gasteiger partial charge >= 0.3 is 5.97 Å². The molecule has 0 aliphatic carbocycles. The lowest BCUT2D eigenvalue weighted by atomic mass is 9.89. The summed E-state index contributed by atoms with van der Waals surface area (Å²) in [5.41, 5.74) is 19.1. The number of carbonyl (C=O) groups excluding carboxylic acids is 4. The SMILES string of the molecule is CC(C)CCOc1ccc2ccccc2c1-c1c(OCC(=O)C[C@H](CCCCN)C(=O)N[C@H](CCCN=C(N)N)C(=O)C[C@@H](CC(C)C)C(=O)OCc2c(Cl)cccc2Cl)ccc2ccccc12. The van der Waals surface area contributed by atoms with Gasteiger partial charge in [-0.1, -0.05) is 124 Å². The minimum atomic E-state index is -1.00. The van der Waals surface area contributed by atoms with Gasteiger partial charge in [-0.05, 0) is 103 Å². The number of benzene rings is 5. The van der Waals surface area contributed by atoms with Gasteiger partial charge in [0, 0.05) is 52.0 Å². The molecule has 7 N–H and O–H groups in total. The molecular weight excluding hydrogens is 902 g/mol. The van der Waals surface area contributed by atoms with E-state index in [9.17, 15) is 19.2 Å². The molecule has 0 aromatic heterocycles. The number of aliphatic imine (C=N–C) groups is 1. The highest BCUT2D eigenvalue weighted by Crippen LogP contribution is 2.45. The van der Waals surface area contributed by atoms with Crippen LogP contribution in [0, 0.1) is 23.7 Å². The van der Waals surface area contributed by atoms with Crippen molar-refractivity contribution in [1.29, 1.82) is 0 Å². The first-order chi connectivity index (χ1) is 32.7. The number of Topliss-reactive ketones (excluding diaryl/α,β-unsaturated/α-hetero) is 2. The van der Waals surface area contributed by atoms with E-state index in [1.807, 2.05) is 68.4 Å². The van der Waals surface area contributed by atoms with E-state index in [0.717, 1.165) is 39.1 Å². The van der Waals surface area contributed by atoms with Gasteiger partial charge in [-0.3, -0.25) is 24.2 Å². The van der Waals surface area contributed by atoms with Gasteiger partial charge in [0.15, 0.2) is 17.5 Å². The fraction of sp³-hybridized carbons (Fsp3) is 0.426. The summed E-state index contributed by atoms with van der Waals surface area (Å²) in [6.45, 7) is 8.90. The van der Waals surface area contributed by atoms with Crippen molar-refractivity contribution < 1.29 is 33.4 Å². The number of nitrogens with one attached hydrogen (secondary N) is 1. The van der Waals surface area contributed by atoms with Crippen molar-refractivity contribution in [2.45, 2.75) is 98.1 Å². The molecule has 68 heavy (non-hydrogen) atoms. The Labute approximate surface area is 410 Å². The third kappa shape index (κ3) is 15.7. The van der Waals surface area contributed by atoms with Crippen LogP contribution in [0.25, 0.3) is 32.7 Å². The Bertz CT molecular complexity index is 2510. The van der Waals surface area contributed by atoms with Crippen LogP contribution in [0.1, 0.15) is 91.0 Å². The maximum Gasteiger partial charge on any atom is 0.309 e. The Kier molecular flexibility index (Phi) is 21.0. The molecule has 0 saturated carbocycles. The lowest BCUT2D eigenvalue weighted by Crippen LogP contribution is -2.45. The van der Waals surface area contributed by atoms with Crippen molar-refractivity contribution in [2.75, 3.05) is 26.3 Å². The molecule has 0 spiro atoms. The number of rotatable bonds is 28.